The Morgan fingerprint density at radius 3 is 2.55 bits per heavy atom. The monoisotopic (exact) mass is 337 g/mol. The first kappa shape index (κ1) is 14.0. The van der Waals surface area contributed by atoms with E-state index in [2.05, 4.69) is 26.1 Å². The van der Waals surface area contributed by atoms with Gasteiger partial charge >= 0.3 is 0 Å². The van der Waals surface area contributed by atoms with Gasteiger partial charge in [0.15, 0.2) is 0 Å². The summed E-state index contributed by atoms with van der Waals surface area (Å²) in [6.45, 7) is 7.84. The molecule has 2 heterocycles. The molecule has 20 heavy (non-hydrogen) atoms. The number of aryl methyl sites for hydroxylation is 1. The zero-order valence-corrected chi connectivity index (χ0v) is 13.3. The molecule has 0 bridgehead atoms. The first-order chi connectivity index (χ1) is 9.65. The Labute approximate surface area is 128 Å². The lowest BCUT2D eigenvalue weighted by molar-refractivity contribution is 0.0501. The fourth-order valence-corrected chi connectivity index (χ4v) is 3.21. The number of carbonyl (C=O) groups excluding carboxylic acids is 1. The number of benzene rings is 1. The molecular formula is C15H20BrN3O. The van der Waals surface area contributed by atoms with Crippen LogP contribution in [0.3, 0.4) is 0 Å². The predicted octanol–water partition coefficient (Wildman–Crippen LogP) is 1.49. The number of piperazine rings is 1. The lowest BCUT2D eigenvalue weighted by atomic mass is 10.1. The van der Waals surface area contributed by atoms with E-state index in [0.29, 0.717) is 6.04 Å². The Kier molecular flexibility index (Phi) is 4.10. The minimum Gasteiger partial charge on any atom is -0.336 e. The van der Waals surface area contributed by atoms with Gasteiger partial charge < -0.3 is 10.2 Å². The van der Waals surface area contributed by atoms with E-state index in [1.54, 1.807) is 0 Å². The second kappa shape index (κ2) is 5.84. The number of hydrogen-bond donors (Lipinski definition) is 1. The van der Waals surface area contributed by atoms with Crippen molar-refractivity contribution < 1.29 is 4.79 Å². The number of nitrogens with zero attached hydrogens (tertiary/aromatic N) is 2. The minimum atomic E-state index is 0.145. The molecule has 0 saturated carbocycles. The first-order valence-corrected chi connectivity index (χ1v) is 7.94. The molecule has 0 aliphatic carbocycles. The molecule has 1 aromatic carbocycles. The topological polar surface area (TPSA) is 35.6 Å². The average Bonchev–Trinajstić information content (AvgIpc) is 2.40. The Morgan fingerprint density at radius 1 is 1.25 bits per heavy atom. The molecule has 1 N–H and O–H groups in total. The molecule has 108 valence electrons. The molecule has 2 fully saturated rings. The molecule has 0 atom stereocenters. The molecule has 2 aliphatic rings. The molecule has 4 nitrogen and oxygen atoms in total. The third kappa shape index (κ3) is 2.75. The van der Waals surface area contributed by atoms with Crippen molar-refractivity contribution in [3.05, 3.63) is 33.8 Å². The zero-order chi connectivity index (χ0) is 14.1. The molecule has 0 spiro atoms. The van der Waals surface area contributed by atoms with Crippen LogP contribution in [0.25, 0.3) is 0 Å². The molecule has 0 radical (unpaired) electrons. The van der Waals surface area contributed by atoms with Crippen LogP contribution in [-0.2, 0) is 0 Å². The van der Waals surface area contributed by atoms with Gasteiger partial charge in [-0.25, -0.2) is 0 Å². The number of amides is 1. The van der Waals surface area contributed by atoms with Gasteiger partial charge in [0.25, 0.3) is 5.91 Å². The standard InChI is InChI=1S/C15H20BrN3O/c1-11-2-3-14(16)13(8-11)15(20)19-6-4-18(5-7-19)12-9-17-10-12/h2-3,8,12,17H,4-7,9-10H2,1H3. The molecule has 1 amide bonds. The van der Waals surface area contributed by atoms with E-state index < -0.39 is 0 Å². The molecular weight excluding hydrogens is 318 g/mol. The van der Waals surface area contributed by atoms with Gasteiger partial charge in [-0.05, 0) is 35.0 Å². The highest BCUT2D eigenvalue weighted by Gasteiger charge is 2.29. The zero-order valence-electron chi connectivity index (χ0n) is 11.7. The third-order valence-electron chi connectivity index (χ3n) is 4.23. The number of nitrogens with one attached hydrogen (secondary N) is 1. The van der Waals surface area contributed by atoms with Gasteiger partial charge in [0, 0.05) is 49.8 Å². The summed E-state index contributed by atoms with van der Waals surface area (Å²) in [5, 5.41) is 3.30. The lowest BCUT2D eigenvalue weighted by Gasteiger charge is -2.43. The van der Waals surface area contributed by atoms with Gasteiger partial charge in [0.05, 0.1) is 5.56 Å². The van der Waals surface area contributed by atoms with Crippen LogP contribution in [0.2, 0.25) is 0 Å². The lowest BCUT2D eigenvalue weighted by Crippen LogP contribution is -2.62. The van der Waals surface area contributed by atoms with Crippen molar-refractivity contribution in [3.8, 4) is 0 Å². The molecule has 2 aliphatic heterocycles. The van der Waals surface area contributed by atoms with E-state index in [9.17, 15) is 4.79 Å². The Balaban J connectivity index is 1.65. The fourth-order valence-electron chi connectivity index (χ4n) is 2.80. The fraction of sp³-hybridized carbons (Fsp3) is 0.533. The van der Waals surface area contributed by atoms with Gasteiger partial charge in [-0.15, -0.1) is 0 Å². The van der Waals surface area contributed by atoms with E-state index in [4.69, 9.17) is 0 Å². The largest absolute Gasteiger partial charge is 0.336 e. The van der Waals surface area contributed by atoms with E-state index >= 15 is 0 Å². The summed E-state index contributed by atoms with van der Waals surface area (Å²) in [5.41, 5.74) is 1.90. The van der Waals surface area contributed by atoms with Crippen LogP contribution in [0.1, 0.15) is 15.9 Å². The highest BCUT2D eigenvalue weighted by molar-refractivity contribution is 9.10. The van der Waals surface area contributed by atoms with Crippen molar-refractivity contribution >= 4 is 21.8 Å². The van der Waals surface area contributed by atoms with Crippen LogP contribution in [0.5, 0.6) is 0 Å². The maximum atomic E-state index is 12.6. The third-order valence-corrected chi connectivity index (χ3v) is 4.92. The Morgan fingerprint density at radius 2 is 1.95 bits per heavy atom. The maximum absolute atomic E-state index is 12.6. The predicted molar refractivity (Wildman–Crippen MR) is 83.0 cm³/mol. The van der Waals surface area contributed by atoms with Crippen molar-refractivity contribution in [1.29, 1.82) is 0 Å². The number of carbonyl (C=O) groups is 1. The smallest absolute Gasteiger partial charge is 0.255 e. The van der Waals surface area contributed by atoms with Gasteiger partial charge in [-0.2, -0.15) is 0 Å². The summed E-state index contributed by atoms with van der Waals surface area (Å²) < 4.78 is 0.888. The number of rotatable bonds is 2. The summed E-state index contributed by atoms with van der Waals surface area (Å²) in [6.07, 6.45) is 0. The van der Waals surface area contributed by atoms with E-state index in [0.717, 1.165) is 54.9 Å². The summed E-state index contributed by atoms with van der Waals surface area (Å²) >= 11 is 3.49. The maximum Gasteiger partial charge on any atom is 0.255 e. The van der Waals surface area contributed by atoms with Gasteiger partial charge in [-0.3, -0.25) is 9.69 Å². The van der Waals surface area contributed by atoms with Crippen molar-refractivity contribution in [3.63, 3.8) is 0 Å². The first-order valence-electron chi connectivity index (χ1n) is 7.15. The van der Waals surface area contributed by atoms with E-state index in [1.165, 1.54) is 0 Å². The van der Waals surface area contributed by atoms with Crippen molar-refractivity contribution in [2.75, 3.05) is 39.3 Å². The van der Waals surface area contributed by atoms with Crippen LogP contribution in [0, 0.1) is 6.92 Å². The highest BCUT2D eigenvalue weighted by Crippen LogP contribution is 2.21. The van der Waals surface area contributed by atoms with Crippen molar-refractivity contribution in [2.45, 2.75) is 13.0 Å². The Hall–Kier alpha value is -0.910. The molecule has 0 unspecified atom stereocenters. The van der Waals surface area contributed by atoms with Crippen molar-refractivity contribution in [2.24, 2.45) is 0 Å². The average molecular weight is 338 g/mol. The van der Waals surface area contributed by atoms with Crippen LogP contribution in [0.15, 0.2) is 22.7 Å². The molecule has 0 aromatic heterocycles. The van der Waals surface area contributed by atoms with E-state index in [1.807, 2.05) is 30.0 Å². The summed E-state index contributed by atoms with van der Waals surface area (Å²) in [4.78, 5) is 17.1. The van der Waals surface area contributed by atoms with Gasteiger partial charge in [0.1, 0.15) is 0 Å². The second-order valence-electron chi connectivity index (χ2n) is 5.62. The van der Waals surface area contributed by atoms with Crippen LogP contribution >= 0.6 is 15.9 Å². The van der Waals surface area contributed by atoms with Crippen LogP contribution < -0.4 is 5.32 Å². The molecule has 5 heteroatoms. The summed E-state index contributed by atoms with van der Waals surface area (Å²) in [5.74, 6) is 0.145. The van der Waals surface area contributed by atoms with Crippen molar-refractivity contribution in [1.82, 2.24) is 15.1 Å². The Bertz CT molecular complexity index is 508. The van der Waals surface area contributed by atoms with Crippen LogP contribution in [0.4, 0.5) is 0 Å². The summed E-state index contributed by atoms with van der Waals surface area (Å²) in [7, 11) is 0. The highest BCUT2D eigenvalue weighted by atomic mass is 79.9. The number of hydrogen-bond acceptors (Lipinski definition) is 3. The van der Waals surface area contributed by atoms with Crippen LogP contribution in [-0.4, -0.2) is 61.0 Å². The van der Waals surface area contributed by atoms with E-state index in [-0.39, 0.29) is 5.91 Å². The molecule has 1 aromatic rings. The normalized spacial score (nSPS) is 20.8. The van der Waals surface area contributed by atoms with Gasteiger partial charge in [0.2, 0.25) is 0 Å². The number of halogens is 1. The molecule has 2 saturated heterocycles. The minimum absolute atomic E-state index is 0.145. The summed E-state index contributed by atoms with van der Waals surface area (Å²) in [6, 6.07) is 6.62. The molecule has 3 rings (SSSR count). The van der Waals surface area contributed by atoms with Gasteiger partial charge in [-0.1, -0.05) is 11.6 Å². The second-order valence-corrected chi connectivity index (χ2v) is 6.48. The SMILES string of the molecule is Cc1ccc(Br)c(C(=O)N2CCN(C3CNC3)CC2)c1. The quantitative estimate of drug-likeness (QED) is 0.888.